The van der Waals surface area contributed by atoms with Gasteiger partial charge in [-0.2, -0.15) is 0 Å². The van der Waals surface area contributed by atoms with Crippen LogP contribution in [0.1, 0.15) is 16.9 Å². The number of rotatable bonds is 5. The summed E-state index contributed by atoms with van der Waals surface area (Å²) in [6.45, 7) is 2.28. The minimum Gasteiger partial charge on any atom is -0.489 e. The second-order valence-electron chi connectivity index (χ2n) is 5.04. The minimum absolute atomic E-state index is 0.142. The Bertz CT molecular complexity index is 733. The second kappa shape index (κ2) is 6.45. The van der Waals surface area contributed by atoms with E-state index in [2.05, 4.69) is 5.16 Å². The number of hydrogen-bond donors (Lipinski definition) is 1. The molecule has 1 N–H and O–H groups in total. The molecule has 2 aromatic carbocycles. The Hall–Kier alpha value is -2.59. The lowest BCUT2D eigenvalue weighted by atomic mass is 10.1. The van der Waals surface area contributed by atoms with Crippen molar-refractivity contribution in [2.75, 3.05) is 0 Å². The standard InChI is InChI=1S/C18H17NO3/c1-13-17(11-20)22-19-18(13)15-7-9-16(10-8-15)21-12-14-5-3-2-4-6-14/h2-10,20H,11-12H2,1H3. The van der Waals surface area contributed by atoms with Gasteiger partial charge in [-0.25, -0.2) is 0 Å². The SMILES string of the molecule is Cc1c(-c2ccc(OCc3ccccc3)cc2)noc1CO. The van der Waals surface area contributed by atoms with E-state index in [1.165, 1.54) is 0 Å². The lowest BCUT2D eigenvalue weighted by Crippen LogP contribution is -1.94. The lowest BCUT2D eigenvalue weighted by Gasteiger charge is -2.07. The molecule has 0 atom stereocenters. The number of hydrogen-bond acceptors (Lipinski definition) is 4. The molecule has 112 valence electrons. The van der Waals surface area contributed by atoms with Crippen LogP contribution in [0.25, 0.3) is 11.3 Å². The third kappa shape index (κ3) is 3.02. The number of nitrogens with zero attached hydrogens (tertiary/aromatic N) is 1. The van der Waals surface area contributed by atoms with Crippen LogP contribution in [0.5, 0.6) is 5.75 Å². The monoisotopic (exact) mass is 295 g/mol. The van der Waals surface area contributed by atoms with Crippen LogP contribution >= 0.6 is 0 Å². The maximum atomic E-state index is 9.15. The van der Waals surface area contributed by atoms with Crippen molar-refractivity contribution in [3.05, 3.63) is 71.5 Å². The Morgan fingerprint density at radius 2 is 1.77 bits per heavy atom. The fourth-order valence-electron chi connectivity index (χ4n) is 2.24. The highest BCUT2D eigenvalue weighted by Gasteiger charge is 2.12. The second-order valence-corrected chi connectivity index (χ2v) is 5.04. The molecule has 1 heterocycles. The number of aliphatic hydroxyl groups is 1. The van der Waals surface area contributed by atoms with Gasteiger partial charge in [0.05, 0.1) is 0 Å². The van der Waals surface area contributed by atoms with E-state index in [-0.39, 0.29) is 6.61 Å². The highest BCUT2D eigenvalue weighted by atomic mass is 16.5. The topological polar surface area (TPSA) is 55.5 Å². The van der Waals surface area contributed by atoms with Crippen molar-refractivity contribution >= 4 is 0 Å². The lowest BCUT2D eigenvalue weighted by molar-refractivity contribution is 0.228. The van der Waals surface area contributed by atoms with Crippen molar-refractivity contribution in [1.82, 2.24) is 5.16 Å². The molecule has 0 aliphatic heterocycles. The van der Waals surface area contributed by atoms with E-state index in [9.17, 15) is 0 Å². The summed E-state index contributed by atoms with van der Waals surface area (Å²) in [6.07, 6.45) is 0. The molecule has 0 amide bonds. The highest BCUT2D eigenvalue weighted by molar-refractivity contribution is 5.63. The number of ether oxygens (including phenoxy) is 1. The number of aliphatic hydroxyl groups excluding tert-OH is 1. The van der Waals surface area contributed by atoms with Crippen LogP contribution in [0.3, 0.4) is 0 Å². The average molecular weight is 295 g/mol. The van der Waals surface area contributed by atoms with Gasteiger partial charge in [0.2, 0.25) is 0 Å². The van der Waals surface area contributed by atoms with Crippen molar-refractivity contribution in [2.45, 2.75) is 20.1 Å². The maximum Gasteiger partial charge on any atom is 0.165 e. The molecule has 0 fully saturated rings. The van der Waals surface area contributed by atoms with Gasteiger partial charge in [-0.1, -0.05) is 35.5 Å². The van der Waals surface area contributed by atoms with Crippen LogP contribution < -0.4 is 4.74 Å². The Morgan fingerprint density at radius 3 is 2.41 bits per heavy atom. The molecule has 3 rings (SSSR count). The first kappa shape index (κ1) is 14.4. The van der Waals surface area contributed by atoms with Gasteiger partial charge in [-0.05, 0) is 36.8 Å². The third-order valence-electron chi connectivity index (χ3n) is 3.54. The summed E-state index contributed by atoms with van der Waals surface area (Å²) in [7, 11) is 0. The summed E-state index contributed by atoms with van der Waals surface area (Å²) < 4.78 is 10.9. The van der Waals surface area contributed by atoms with Gasteiger partial charge in [-0.15, -0.1) is 0 Å². The predicted octanol–water partition coefficient (Wildman–Crippen LogP) is 3.72. The third-order valence-corrected chi connectivity index (χ3v) is 3.54. The first-order chi connectivity index (χ1) is 10.8. The summed E-state index contributed by atoms with van der Waals surface area (Å²) in [6, 6.07) is 17.7. The van der Waals surface area contributed by atoms with Crippen LogP contribution in [-0.4, -0.2) is 10.3 Å². The van der Waals surface area contributed by atoms with Gasteiger partial charge in [0.25, 0.3) is 0 Å². The van der Waals surface area contributed by atoms with Crippen LogP contribution in [-0.2, 0) is 13.2 Å². The van der Waals surface area contributed by atoms with Gasteiger partial charge < -0.3 is 14.4 Å². The molecular formula is C18H17NO3. The molecule has 0 bridgehead atoms. The fraction of sp³-hybridized carbons (Fsp3) is 0.167. The molecule has 0 aliphatic rings. The van der Waals surface area contributed by atoms with E-state index in [1.807, 2.05) is 61.5 Å². The van der Waals surface area contributed by atoms with Crippen LogP contribution in [0.2, 0.25) is 0 Å². The van der Waals surface area contributed by atoms with Crippen molar-refractivity contribution < 1.29 is 14.4 Å². The molecule has 0 saturated heterocycles. The quantitative estimate of drug-likeness (QED) is 0.779. The summed E-state index contributed by atoms with van der Waals surface area (Å²) in [5, 5.41) is 13.2. The molecule has 0 aliphatic carbocycles. The molecule has 0 radical (unpaired) electrons. The number of aromatic nitrogens is 1. The molecule has 0 saturated carbocycles. The molecule has 0 unspecified atom stereocenters. The highest BCUT2D eigenvalue weighted by Crippen LogP contribution is 2.26. The molecule has 22 heavy (non-hydrogen) atoms. The first-order valence-corrected chi connectivity index (χ1v) is 7.11. The molecular weight excluding hydrogens is 278 g/mol. The van der Waals surface area contributed by atoms with Crippen molar-refractivity contribution in [3.63, 3.8) is 0 Å². The van der Waals surface area contributed by atoms with E-state index in [1.54, 1.807) is 0 Å². The van der Waals surface area contributed by atoms with Gasteiger partial charge in [0.1, 0.15) is 24.7 Å². The van der Waals surface area contributed by atoms with Crippen molar-refractivity contribution in [2.24, 2.45) is 0 Å². The summed E-state index contributed by atoms with van der Waals surface area (Å²) in [4.78, 5) is 0. The van der Waals surface area contributed by atoms with Gasteiger partial charge in [-0.3, -0.25) is 0 Å². The minimum atomic E-state index is -0.142. The molecule has 4 heteroatoms. The van der Waals surface area contributed by atoms with Crippen LogP contribution in [0, 0.1) is 6.92 Å². The van der Waals surface area contributed by atoms with E-state index < -0.39 is 0 Å². The molecule has 3 aromatic rings. The largest absolute Gasteiger partial charge is 0.489 e. The van der Waals surface area contributed by atoms with E-state index in [0.29, 0.717) is 12.4 Å². The Kier molecular flexibility index (Phi) is 4.21. The molecule has 0 spiro atoms. The van der Waals surface area contributed by atoms with Gasteiger partial charge in [0, 0.05) is 11.1 Å². The normalized spacial score (nSPS) is 10.6. The van der Waals surface area contributed by atoms with E-state index in [4.69, 9.17) is 14.4 Å². The van der Waals surface area contributed by atoms with Crippen LogP contribution in [0.4, 0.5) is 0 Å². The van der Waals surface area contributed by atoms with Crippen molar-refractivity contribution in [3.8, 4) is 17.0 Å². The van der Waals surface area contributed by atoms with Gasteiger partial charge in [0.15, 0.2) is 5.76 Å². The first-order valence-electron chi connectivity index (χ1n) is 7.11. The maximum absolute atomic E-state index is 9.15. The van der Waals surface area contributed by atoms with Gasteiger partial charge >= 0.3 is 0 Å². The zero-order valence-electron chi connectivity index (χ0n) is 12.3. The Balaban J connectivity index is 1.71. The number of benzene rings is 2. The zero-order chi connectivity index (χ0) is 15.4. The summed E-state index contributed by atoms with van der Waals surface area (Å²) in [5.41, 5.74) is 3.68. The predicted molar refractivity (Wildman–Crippen MR) is 83.4 cm³/mol. The fourth-order valence-corrected chi connectivity index (χ4v) is 2.24. The van der Waals surface area contributed by atoms with Crippen molar-refractivity contribution in [1.29, 1.82) is 0 Å². The Morgan fingerprint density at radius 1 is 1.05 bits per heavy atom. The van der Waals surface area contributed by atoms with E-state index >= 15 is 0 Å². The van der Waals surface area contributed by atoms with E-state index in [0.717, 1.165) is 28.1 Å². The zero-order valence-corrected chi connectivity index (χ0v) is 12.3. The summed E-state index contributed by atoms with van der Waals surface area (Å²) >= 11 is 0. The molecule has 1 aromatic heterocycles. The smallest absolute Gasteiger partial charge is 0.165 e. The summed E-state index contributed by atoms with van der Waals surface area (Å²) in [5.74, 6) is 1.30. The average Bonchev–Trinajstić information content (AvgIpc) is 2.95. The molecule has 4 nitrogen and oxygen atoms in total. The Labute approximate surface area is 129 Å². The van der Waals surface area contributed by atoms with Crippen LogP contribution in [0.15, 0.2) is 59.1 Å².